The van der Waals surface area contributed by atoms with Gasteiger partial charge in [0.15, 0.2) is 11.5 Å². The van der Waals surface area contributed by atoms with Gasteiger partial charge in [0.2, 0.25) is 0 Å². The molecule has 0 aliphatic rings. The van der Waals surface area contributed by atoms with E-state index in [1.54, 1.807) is 0 Å². The number of fused-ring (bicyclic) bond motifs is 1. The van der Waals surface area contributed by atoms with Crippen molar-refractivity contribution in [3.05, 3.63) is 28.7 Å². The Kier molecular flexibility index (Phi) is 3.68. The van der Waals surface area contributed by atoms with Crippen LogP contribution in [0.25, 0.3) is 5.65 Å². The highest BCUT2D eigenvalue weighted by atomic mass is 35.5. The summed E-state index contributed by atoms with van der Waals surface area (Å²) in [5.74, 6) is 0.377. The first kappa shape index (κ1) is 15.1. The summed E-state index contributed by atoms with van der Waals surface area (Å²) in [5.41, 5.74) is -1.24. The van der Waals surface area contributed by atoms with Crippen molar-refractivity contribution in [3.63, 3.8) is 0 Å². The van der Waals surface area contributed by atoms with Gasteiger partial charge >= 0.3 is 6.18 Å². The highest BCUT2D eigenvalue weighted by Gasteiger charge is 2.33. The molecule has 0 unspecified atom stereocenters. The lowest BCUT2D eigenvalue weighted by molar-refractivity contribution is -0.137. The monoisotopic (exact) mass is 306 g/mol. The van der Waals surface area contributed by atoms with Crippen molar-refractivity contribution in [1.29, 1.82) is 0 Å². The van der Waals surface area contributed by atoms with E-state index in [0.717, 1.165) is 12.3 Å². The average molecular weight is 307 g/mol. The largest absolute Gasteiger partial charge is 0.417 e. The molecule has 0 radical (unpaired) electrons. The third-order valence-corrected chi connectivity index (χ3v) is 3.24. The molecule has 0 aliphatic heterocycles. The van der Waals surface area contributed by atoms with Crippen LogP contribution in [-0.2, 0) is 11.7 Å². The first-order chi connectivity index (χ1) is 9.16. The number of pyridine rings is 1. The van der Waals surface area contributed by atoms with Crippen LogP contribution in [0.4, 0.5) is 13.2 Å². The van der Waals surface area contributed by atoms with Gasteiger partial charge in [-0.3, -0.25) is 4.40 Å². The van der Waals surface area contributed by atoms with Crippen molar-refractivity contribution in [3.8, 4) is 0 Å². The third-order valence-electron chi connectivity index (χ3n) is 2.96. The van der Waals surface area contributed by atoms with Gasteiger partial charge in [0.25, 0.3) is 0 Å². The van der Waals surface area contributed by atoms with Crippen LogP contribution >= 0.6 is 11.6 Å². The van der Waals surface area contributed by atoms with Crippen LogP contribution in [0.5, 0.6) is 0 Å². The Labute approximate surface area is 118 Å². The van der Waals surface area contributed by atoms with Crippen molar-refractivity contribution in [2.75, 3.05) is 6.54 Å². The molecule has 2 heterocycles. The van der Waals surface area contributed by atoms with Gasteiger partial charge < -0.3 is 5.32 Å². The Morgan fingerprint density at radius 1 is 1.30 bits per heavy atom. The number of hydrogen-bond acceptors (Lipinski definition) is 3. The van der Waals surface area contributed by atoms with Crippen molar-refractivity contribution >= 4 is 17.2 Å². The second-order valence-electron chi connectivity index (χ2n) is 4.95. The van der Waals surface area contributed by atoms with Gasteiger partial charge in [0, 0.05) is 6.20 Å². The number of nitrogens with zero attached hydrogens (tertiary/aromatic N) is 3. The minimum atomic E-state index is -4.47. The maximum atomic E-state index is 12.8. The Morgan fingerprint density at radius 3 is 2.50 bits per heavy atom. The summed E-state index contributed by atoms with van der Waals surface area (Å²) >= 11 is 5.86. The number of halogens is 4. The fourth-order valence-corrected chi connectivity index (χ4v) is 2.30. The summed E-state index contributed by atoms with van der Waals surface area (Å²) < 4.78 is 39.8. The molecule has 8 heteroatoms. The van der Waals surface area contributed by atoms with Gasteiger partial charge in [-0.05, 0) is 26.5 Å². The van der Waals surface area contributed by atoms with Crippen molar-refractivity contribution in [2.45, 2.75) is 32.5 Å². The molecule has 4 nitrogen and oxygen atoms in total. The predicted octanol–water partition coefficient (Wildman–Crippen LogP) is 3.25. The zero-order chi connectivity index (χ0) is 15.1. The van der Waals surface area contributed by atoms with Crippen LogP contribution in [0.2, 0.25) is 5.02 Å². The quantitative estimate of drug-likeness (QED) is 0.946. The van der Waals surface area contributed by atoms with E-state index in [2.05, 4.69) is 15.5 Å². The Balaban J connectivity index is 2.67. The molecule has 0 spiro atoms. The molecule has 0 saturated heterocycles. The van der Waals surface area contributed by atoms with E-state index in [-0.39, 0.29) is 10.7 Å². The van der Waals surface area contributed by atoms with Gasteiger partial charge in [0.1, 0.15) is 0 Å². The summed E-state index contributed by atoms with van der Waals surface area (Å²) in [4.78, 5) is 0. The fourth-order valence-electron chi connectivity index (χ4n) is 2.06. The molecule has 0 bridgehead atoms. The van der Waals surface area contributed by atoms with Crippen LogP contribution < -0.4 is 5.32 Å². The van der Waals surface area contributed by atoms with E-state index in [9.17, 15) is 13.2 Å². The molecule has 0 fully saturated rings. The number of aromatic nitrogens is 3. The van der Waals surface area contributed by atoms with Gasteiger partial charge in [-0.1, -0.05) is 18.5 Å². The zero-order valence-electron chi connectivity index (χ0n) is 11.2. The molecule has 2 aromatic heterocycles. The summed E-state index contributed by atoms with van der Waals surface area (Å²) in [6.45, 7) is 6.19. The molecule has 2 aromatic rings. The Bertz CT molecular complexity index is 633. The molecule has 2 rings (SSSR count). The van der Waals surface area contributed by atoms with Gasteiger partial charge in [-0.2, -0.15) is 13.2 Å². The second kappa shape index (κ2) is 4.89. The third kappa shape index (κ3) is 2.60. The predicted molar refractivity (Wildman–Crippen MR) is 69.7 cm³/mol. The fraction of sp³-hybridized carbons (Fsp3) is 0.500. The minimum Gasteiger partial charge on any atom is -0.305 e. The standard InChI is InChI=1S/C12H14ClF3N4/c1-4-17-11(2,3)10-19-18-9-8(13)5-7(6-20(9)10)12(14,15)16/h5-6,17H,4H2,1-3H3. The average Bonchev–Trinajstić information content (AvgIpc) is 2.72. The first-order valence-electron chi connectivity index (χ1n) is 6.04. The lowest BCUT2D eigenvalue weighted by atomic mass is 10.0. The van der Waals surface area contributed by atoms with Crippen LogP contribution in [0, 0.1) is 0 Å². The molecule has 20 heavy (non-hydrogen) atoms. The molecular weight excluding hydrogens is 293 g/mol. The van der Waals surface area contributed by atoms with E-state index >= 15 is 0 Å². The van der Waals surface area contributed by atoms with Crippen LogP contribution in [-0.4, -0.2) is 21.1 Å². The Morgan fingerprint density at radius 2 is 1.95 bits per heavy atom. The van der Waals surface area contributed by atoms with Crippen LogP contribution in [0.3, 0.4) is 0 Å². The maximum Gasteiger partial charge on any atom is 0.417 e. The van der Waals surface area contributed by atoms with E-state index in [4.69, 9.17) is 11.6 Å². The summed E-state index contributed by atoms with van der Waals surface area (Å²) in [6.07, 6.45) is -3.50. The van der Waals surface area contributed by atoms with Crippen LogP contribution in [0.1, 0.15) is 32.2 Å². The molecule has 0 saturated carbocycles. The van der Waals surface area contributed by atoms with E-state index in [1.165, 1.54) is 4.40 Å². The van der Waals surface area contributed by atoms with Gasteiger partial charge in [-0.25, -0.2) is 0 Å². The molecule has 110 valence electrons. The Hall–Kier alpha value is -1.34. The topological polar surface area (TPSA) is 42.2 Å². The first-order valence-corrected chi connectivity index (χ1v) is 6.41. The van der Waals surface area contributed by atoms with E-state index in [1.807, 2.05) is 20.8 Å². The number of hydrogen-bond donors (Lipinski definition) is 1. The lowest BCUT2D eigenvalue weighted by Crippen LogP contribution is -2.38. The molecule has 1 N–H and O–H groups in total. The summed E-state index contributed by atoms with van der Waals surface area (Å²) in [7, 11) is 0. The second-order valence-corrected chi connectivity index (χ2v) is 5.35. The van der Waals surface area contributed by atoms with E-state index < -0.39 is 17.3 Å². The minimum absolute atomic E-state index is 0.0779. The van der Waals surface area contributed by atoms with Crippen molar-refractivity contribution in [2.24, 2.45) is 0 Å². The van der Waals surface area contributed by atoms with E-state index in [0.29, 0.717) is 12.4 Å². The molecule has 0 amide bonds. The van der Waals surface area contributed by atoms with Crippen LogP contribution in [0.15, 0.2) is 12.3 Å². The molecule has 0 aliphatic carbocycles. The number of rotatable bonds is 3. The normalized spacial score (nSPS) is 13.2. The highest BCUT2D eigenvalue weighted by molar-refractivity contribution is 6.33. The summed E-state index contributed by atoms with van der Waals surface area (Å²) in [5, 5.41) is 10.9. The van der Waals surface area contributed by atoms with Crippen molar-refractivity contribution < 1.29 is 13.2 Å². The maximum absolute atomic E-state index is 12.8. The summed E-state index contributed by atoms with van der Waals surface area (Å²) in [6, 6.07) is 0.857. The smallest absolute Gasteiger partial charge is 0.305 e. The SMILES string of the molecule is CCNC(C)(C)c1nnc2c(Cl)cc(C(F)(F)F)cn12. The highest BCUT2D eigenvalue weighted by Crippen LogP contribution is 2.33. The lowest BCUT2D eigenvalue weighted by Gasteiger charge is -2.23. The molecule has 0 atom stereocenters. The zero-order valence-corrected chi connectivity index (χ0v) is 12.0. The van der Waals surface area contributed by atoms with Gasteiger partial charge in [0.05, 0.1) is 16.1 Å². The van der Waals surface area contributed by atoms with Gasteiger partial charge in [-0.15, -0.1) is 10.2 Å². The number of alkyl halides is 3. The van der Waals surface area contributed by atoms with Crippen molar-refractivity contribution in [1.82, 2.24) is 19.9 Å². The molecular formula is C12H14ClF3N4. The molecule has 0 aromatic carbocycles. The number of nitrogens with one attached hydrogen (secondary N) is 1.